The Balaban J connectivity index is 3.09. The van der Waals surface area contributed by atoms with Gasteiger partial charge >= 0.3 is 18.0 Å². The lowest BCUT2D eigenvalue weighted by atomic mass is 10.0. The van der Waals surface area contributed by atoms with Crippen LogP contribution in [0.2, 0.25) is 0 Å². The van der Waals surface area contributed by atoms with E-state index < -0.39 is 59.7 Å². The Morgan fingerprint density at radius 3 is 1.97 bits per heavy atom. The van der Waals surface area contributed by atoms with Crippen molar-refractivity contribution in [3.05, 3.63) is 35.9 Å². The minimum atomic E-state index is -1.40. The number of nitrogens with one attached hydrogen (secondary N) is 3. The van der Waals surface area contributed by atoms with Gasteiger partial charge in [-0.05, 0) is 52.5 Å². The van der Waals surface area contributed by atoms with E-state index in [1.54, 1.807) is 45.0 Å². The number of aliphatic hydroxyl groups excluding tert-OH is 1. The number of ether oxygens (including phenoxy) is 3. The molecule has 0 aromatic heterocycles. The molecular weight excluding hydrogens is 498 g/mol. The molecule has 12 nitrogen and oxygen atoms in total. The molecule has 212 valence electrons. The van der Waals surface area contributed by atoms with Crippen LogP contribution in [-0.4, -0.2) is 79.0 Å². The SMILES string of the molecule is COC(=O)[C@H](O)CCC[C@H](NC(=O)[C@@H](Cc1ccccc1)NC(=O)OC(C)(C)C)C(=O)N[C@@H](C)C(=O)OC. The van der Waals surface area contributed by atoms with Gasteiger partial charge in [-0.25, -0.2) is 14.4 Å². The van der Waals surface area contributed by atoms with Crippen LogP contribution in [0.15, 0.2) is 30.3 Å². The summed E-state index contributed by atoms with van der Waals surface area (Å²) in [5.41, 5.74) is -0.0460. The second-order valence-electron chi connectivity index (χ2n) is 9.67. The van der Waals surface area contributed by atoms with E-state index in [0.29, 0.717) is 0 Å². The van der Waals surface area contributed by atoms with Gasteiger partial charge < -0.3 is 35.3 Å². The van der Waals surface area contributed by atoms with Crippen molar-refractivity contribution in [2.45, 2.75) is 83.2 Å². The largest absolute Gasteiger partial charge is 0.467 e. The van der Waals surface area contributed by atoms with E-state index in [-0.39, 0.29) is 25.7 Å². The highest BCUT2D eigenvalue weighted by atomic mass is 16.6. The zero-order chi connectivity index (χ0) is 28.9. The third-order valence-electron chi connectivity index (χ3n) is 5.28. The van der Waals surface area contributed by atoms with Crippen molar-refractivity contribution >= 4 is 29.8 Å². The Morgan fingerprint density at radius 2 is 1.42 bits per heavy atom. The van der Waals surface area contributed by atoms with Crippen LogP contribution in [0.1, 0.15) is 52.5 Å². The number of carbonyl (C=O) groups excluding carboxylic acids is 5. The smallest absolute Gasteiger partial charge is 0.408 e. The molecule has 0 heterocycles. The third-order valence-corrected chi connectivity index (χ3v) is 5.28. The van der Waals surface area contributed by atoms with Crippen LogP contribution >= 0.6 is 0 Å². The third kappa shape index (κ3) is 12.0. The minimum Gasteiger partial charge on any atom is -0.467 e. The van der Waals surface area contributed by atoms with E-state index in [4.69, 9.17) is 4.74 Å². The summed E-state index contributed by atoms with van der Waals surface area (Å²) in [7, 11) is 2.32. The first kappa shape index (κ1) is 32.4. The number of carbonyl (C=O) groups is 5. The molecule has 0 aliphatic heterocycles. The first-order valence-corrected chi connectivity index (χ1v) is 12.2. The summed E-state index contributed by atoms with van der Waals surface area (Å²) in [5, 5.41) is 17.5. The summed E-state index contributed by atoms with van der Waals surface area (Å²) in [4.78, 5) is 62.0. The number of amides is 3. The molecule has 1 aromatic rings. The molecule has 0 saturated heterocycles. The molecule has 0 saturated carbocycles. The quantitative estimate of drug-likeness (QED) is 0.212. The van der Waals surface area contributed by atoms with E-state index in [9.17, 15) is 29.1 Å². The Morgan fingerprint density at radius 1 is 0.842 bits per heavy atom. The van der Waals surface area contributed by atoms with Gasteiger partial charge in [-0.3, -0.25) is 9.59 Å². The van der Waals surface area contributed by atoms with Crippen LogP contribution in [0.25, 0.3) is 0 Å². The average Bonchev–Trinajstić information content (AvgIpc) is 2.85. The maximum atomic E-state index is 13.3. The van der Waals surface area contributed by atoms with E-state index in [2.05, 4.69) is 25.4 Å². The molecule has 0 aliphatic rings. The van der Waals surface area contributed by atoms with Gasteiger partial charge in [0.1, 0.15) is 23.7 Å². The fourth-order valence-electron chi connectivity index (χ4n) is 3.37. The molecule has 0 fully saturated rings. The summed E-state index contributed by atoms with van der Waals surface area (Å²) in [6.07, 6.45) is -1.95. The van der Waals surface area contributed by atoms with Crippen LogP contribution in [0.5, 0.6) is 0 Å². The second-order valence-corrected chi connectivity index (χ2v) is 9.67. The summed E-state index contributed by atoms with van der Waals surface area (Å²) in [6, 6.07) is 5.71. The van der Waals surface area contributed by atoms with Gasteiger partial charge in [-0.2, -0.15) is 0 Å². The maximum Gasteiger partial charge on any atom is 0.408 e. The van der Waals surface area contributed by atoms with Crippen LogP contribution in [-0.2, 0) is 39.8 Å². The summed E-state index contributed by atoms with van der Waals surface area (Å²) >= 11 is 0. The van der Waals surface area contributed by atoms with E-state index in [1.807, 2.05) is 6.07 Å². The molecule has 4 N–H and O–H groups in total. The van der Waals surface area contributed by atoms with E-state index in [0.717, 1.165) is 12.7 Å². The number of hydrogen-bond acceptors (Lipinski definition) is 9. The van der Waals surface area contributed by atoms with Crippen molar-refractivity contribution in [3.63, 3.8) is 0 Å². The number of esters is 2. The summed E-state index contributed by atoms with van der Waals surface area (Å²) in [6.45, 7) is 6.48. The summed E-state index contributed by atoms with van der Waals surface area (Å²) in [5.74, 6) is -2.85. The van der Waals surface area contributed by atoms with Crippen molar-refractivity contribution in [2.24, 2.45) is 0 Å². The van der Waals surface area contributed by atoms with Crippen LogP contribution in [0.3, 0.4) is 0 Å². The number of methoxy groups -OCH3 is 2. The Bertz CT molecular complexity index is 947. The van der Waals surface area contributed by atoms with Crippen molar-refractivity contribution in [3.8, 4) is 0 Å². The lowest BCUT2D eigenvalue weighted by Gasteiger charge is -2.26. The monoisotopic (exact) mass is 537 g/mol. The topological polar surface area (TPSA) is 169 Å². The van der Waals surface area contributed by atoms with Gasteiger partial charge in [0.15, 0.2) is 6.10 Å². The standard InChI is InChI=1S/C26H39N3O9/c1-16(23(33)36-5)27-21(31)18(13-10-14-20(30)24(34)37-6)28-22(32)19(15-17-11-8-7-9-12-17)29-25(35)38-26(2,3)4/h7-9,11-12,16,18-20,30H,10,13-15H2,1-6H3,(H,27,31)(H,28,32)(H,29,35)/t16-,18-,19+,20+/m0/s1. The molecule has 0 spiro atoms. The maximum absolute atomic E-state index is 13.3. The molecule has 38 heavy (non-hydrogen) atoms. The highest BCUT2D eigenvalue weighted by molar-refractivity contribution is 5.93. The fourth-order valence-corrected chi connectivity index (χ4v) is 3.37. The van der Waals surface area contributed by atoms with E-state index >= 15 is 0 Å². The highest BCUT2D eigenvalue weighted by Gasteiger charge is 2.30. The van der Waals surface area contributed by atoms with Crippen LogP contribution < -0.4 is 16.0 Å². The van der Waals surface area contributed by atoms with Crippen molar-refractivity contribution in [2.75, 3.05) is 14.2 Å². The zero-order valence-electron chi connectivity index (χ0n) is 22.7. The number of hydrogen-bond donors (Lipinski definition) is 4. The first-order chi connectivity index (χ1) is 17.8. The van der Waals surface area contributed by atoms with Crippen molar-refractivity contribution in [1.82, 2.24) is 16.0 Å². The minimum absolute atomic E-state index is 0.0179. The van der Waals surface area contributed by atoms with Gasteiger partial charge in [0, 0.05) is 6.42 Å². The first-order valence-electron chi connectivity index (χ1n) is 12.2. The lowest BCUT2D eigenvalue weighted by molar-refractivity contribution is -0.150. The fraction of sp³-hybridized carbons (Fsp3) is 0.577. The number of aliphatic hydroxyl groups is 1. The van der Waals surface area contributed by atoms with Crippen LogP contribution in [0, 0.1) is 0 Å². The molecule has 1 aromatic carbocycles. The predicted molar refractivity (Wildman–Crippen MR) is 137 cm³/mol. The second kappa shape index (κ2) is 15.6. The van der Waals surface area contributed by atoms with Crippen LogP contribution in [0.4, 0.5) is 4.79 Å². The molecule has 1 rings (SSSR count). The Labute approximate surface area is 222 Å². The number of benzene rings is 1. The number of rotatable bonds is 13. The molecule has 0 unspecified atom stereocenters. The lowest BCUT2D eigenvalue weighted by Crippen LogP contribution is -2.56. The van der Waals surface area contributed by atoms with Gasteiger partial charge in [0.25, 0.3) is 0 Å². The number of alkyl carbamates (subject to hydrolysis) is 1. The molecule has 3 amide bonds. The van der Waals surface area contributed by atoms with Gasteiger partial charge in [-0.15, -0.1) is 0 Å². The van der Waals surface area contributed by atoms with Crippen molar-refractivity contribution < 1.29 is 43.3 Å². The predicted octanol–water partition coefficient (Wildman–Crippen LogP) is 0.989. The van der Waals surface area contributed by atoms with Gasteiger partial charge in [-0.1, -0.05) is 30.3 Å². The van der Waals surface area contributed by atoms with Crippen molar-refractivity contribution in [1.29, 1.82) is 0 Å². The average molecular weight is 538 g/mol. The van der Waals surface area contributed by atoms with E-state index in [1.165, 1.54) is 14.0 Å². The Hall–Kier alpha value is -3.67. The Kier molecular flexibility index (Phi) is 13.2. The zero-order valence-corrected chi connectivity index (χ0v) is 22.7. The molecule has 0 radical (unpaired) electrons. The summed E-state index contributed by atoms with van der Waals surface area (Å²) < 4.78 is 14.4. The van der Waals surface area contributed by atoms with Gasteiger partial charge in [0.05, 0.1) is 14.2 Å². The molecule has 0 bridgehead atoms. The normalized spacial score (nSPS) is 14.2. The molecule has 4 atom stereocenters. The molecule has 12 heteroatoms. The molecule has 0 aliphatic carbocycles. The highest BCUT2D eigenvalue weighted by Crippen LogP contribution is 2.11. The molecular formula is C26H39N3O9. The van der Waals surface area contributed by atoms with Gasteiger partial charge in [0.2, 0.25) is 11.8 Å².